The zero-order chi connectivity index (χ0) is 17.6. The first-order chi connectivity index (χ1) is 12.1. The lowest BCUT2D eigenvalue weighted by molar-refractivity contribution is -0.119. The number of carbonyl (C=O) groups excluding carboxylic acids is 2. The number of benzene rings is 2. The Kier molecular flexibility index (Phi) is 4.84. The van der Waals surface area contributed by atoms with Gasteiger partial charge in [0.1, 0.15) is 0 Å². The van der Waals surface area contributed by atoms with Gasteiger partial charge in [-0.15, -0.1) is 5.10 Å². The number of hydrogen-bond acceptors (Lipinski definition) is 5. The van der Waals surface area contributed by atoms with Crippen LogP contribution in [-0.2, 0) is 9.53 Å². The van der Waals surface area contributed by atoms with Gasteiger partial charge in [0.05, 0.1) is 11.9 Å². The molecule has 7 heteroatoms. The van der Waals surface area contributed by atoms with E-state index in [9.17, 15) is 9.59 Å². The summed E-state index contributed by atoms with van der Waals surface area (Å²) in [6.45, 7) is 1.56. The third-order valence-corrected chi connectivity index (χ3v) is 3.36. The van der Waals surface area contributed by atoms with E-state index in [0.29, 0.717) is 5.69 Å². The van der Waals surface area contributed by atoms with Crippen LogP contribution >= 0.6 is 0 Å². The van der Waals surface area contributed by atoms with Crippen molar-refractivity contribution in [3.05, 3.63) is 72.1 Å². The van der Waals surface area contributed by atoms with Crippen molar-refractivity contribution >= 4 is 17.6 Å². The van der Waals surface area contributed by atoms with E-state index in [4.69, 9.17) is 4.74 Å². The Balaban J connectivity index is 1.55. The minimum atomic E-state index is -0.707. The first-order valence-corrected chi connectivity index (χ1v) is 7.63. The lowest BCUT2D eigenvalue weighted by Gasteiger charge is -2.05. The van der Waals surface area contributed by atoms with Crippen LogP contribution in [0.3, 0.4) is 0 Å². The molecule has 1 heterocycles. The van der Waals surface area contributed by atoms with E-state index in [1.165, 1.54) is 11.0 Å². The second-order valence-electron chi connectivity index (χ2n) is 5.35. The fraction of sp³-hybridized carbons (Fsp3) is 0.111. The second-order valence-corrected chi connectivity index (χ2v) is 5.35. The standard InChI is InChI=1S/C18H16N4O3/c1-13-7-9-14(10-8-13)20-17(23)12-25-18(24)16-11-19-22(21-16)15-5-3-2-4-6-15/h2-11H,12H2,1H3,(H,20,23). The zero-order valence-corrected chi connectivity index (χ0v) is 13.5. The SMILES string of the molecule is Cc1ccc(NC(=O)COC(=O)c2cnn(-c3ccccc3)n2)cc1. The molecule has 0 aliphatic rings. The molecule has 3 aromatic rings. The minimum absolute atomic E-state index is 0.0342. The number of nitrogens with one attached hydrogen (secondary N) is 1. The number of amides is 1. The maximum Gasteiger partial charge on any atom is 0.361 e. The van der Waals surface area contributed by atoms with Gasteiger partial charge in [-0.1, -0.05) is 35.9 Å². The van der Waals surface area contributed by atoms with Gasteiger partial charge in [0, 0.05) is 5.69 Å². The summed E-state index contributed by atoms with van der Waals surface area (Å²) in [5.41, 5.74) is 2.48. The van der Waals surface area contributed by atoms with Crippen LogP contribution in [0.2, 0.25) is 0 Å². The molecule has 1 aromatic heterocycles. The van der Waals surface area contributed by atoms with Gasteiger partial charge in [-0.3, -0.25) is 4.79 Å². The Labute approximate surface area is 144 Å². The van der Waals surface area contributed by atoms with Gasteiger partial charge in [0.2, 0.25) is 0 Å². The van der Waals surface area contributed by atoms with Crippen LogP contribution in [0, 0.1) is 6.92 Å². The number of ether oxygens (including phenoxy) is 1. The molecule has 0 aliphatic carbocycles. The van der Waals surface area contributed by atoms with E-state index in [1.54, 1.807) is 12.1 Å². The van der Waals surface area contributed by atoms with Gasteiger partial charge < -0.3 is 10.1 Å². The van der Waals surface area contributed by atoms with Crippen LogP contribution in [0.5, 0.6) is 0 Å². The number of anilines is 1. The normalized spacial score (nSPS) is 10.3. The van der Waals surface area contributed by atoms with Crippen molar-refractivity contribution in [3.8, 4) is 5.69 Å². The number of carbonyl (C=O) groups is 2. The summed E-state index contributed by atoms with van der Waals surface area (Å²) < 4.78 is 4.97. The Morgan fingerprint density at radius 3 is 2.52 bits per heavy atom. The van der Waals surface area contributed by atoms with Gasteiger partial charge >= 0.3 is 5.97 Å². The molecular weight excluding hydrogens is 320 g/mol. The van der Waals surface area contributed by atoms with Crippen molar-refractivity contribution < 1.29 is 14.3 Å². The molecule has 0 unspecified atom stereocenters. The topological polar surface area (TPSA) is 86.1 Å². The lowest BCUT2D eigenvalue weighted by atomic mass is 10.2. The lowest BCUT2D eigenvalue weighted by Crippen LogP contribution is -2.21. The van der Waals surface area contributed by atoms with E-state index in [-0.39, 0.29) is 5.69 Å². The first-order valence-electron chi connectivity index (χ1n) is 7.63. The number of rotatable bonds is 5. The third kappa shape index (κ3) is 4.29. The maximum absolute atomic E-state index is 12.0. The highest BCUT2D eigenvalue weighted by Gasteiger charge is 2.15. The molecule has 126 valence electrons. The van der Waals surface area contributed by atoms with Crippen molar-refractivity contribution in [2.45, 2.75) is 6.92 Å². The van der Waals surface area contributed by atoms with Crippen LogP contribution in [-0.4, -0.2) is 33.5 Å². The van der Waals surface area contributed by atoms with E-state index < -0.39 is 18.5 Å². The Bertz CT molecular complexity index is 873. The molecule has 2 aromatic carbocycles. The van der Waals surface area contributed by atoms with Crippen LogP contribution in [0.15, 0.2) is 60.8 Å². The molecule has 0 radical (unpaired) electrons. The molecule has 3 rings (SSSR count). The van der Waals surface area contributed by atoms with Crippen LogP contribution in [0.1, 0.15) is 16.1 Å². The van der Waals surface area contributed by atoms with Gasteiger partial charge in [0.15, 0.2) is 12.3 Å². The molecule has 1 amide bonds. The van der Waals surface area contributed by atoms with E-state index in [0.717, 1.165) is 11.3 Å². The predicted molar refractivity (Wildman–Crippen MR) is 91.5 cm³/mol. The van der Waals surface area contributed by atoms with Crippen molar-refractivity contribution in [2.24, 2.45) is 0 Å². The smallest absolute Gasteiger partial charge is 0.361 e. The maximum atomic E-state index is 12.0. The Morgan fingerprint density at radius 2 is 1.80 bits per heavy atom. The molecule has 0 bridgehead atoms. The molecule has 0 saturated heterocycles. The van der Waals surface area contributed by atoms with E-state index >= 15 is 0 Å². The fourth-order valence-corrected chi connectivity index (χ4v) is 2.08. The van der Waals surface area contributed by atoms with Gasteiger partial charge in [-0.25, -0.2) is 4.79 Å². The molecule has 0 atom stereocenters. The quantitative estimate of drug-likeness (QED) is 0.723. The summed E-state index contributed by atoms with van der Waals surface area (Å²) in [5, 5.41) is 10.7. The largest absolute Gasteiger partial charge is 0.451 e. The second kappa shape index (κ2) is 7.39. The number of para-hydroxylation sites is 1. The molecule has 1 N–H and O–H groups in total. The molecule has 0 fully saturated rings. The van der Waals surface area contributed by atoms with Gasteiger partial charge in [-0.2, -0.15) is 9.90 Å². The predicted octanol–water partition coefficient (Wildman–Crippen LogP) is 2.37. The third-order valence-electron chi connectivity index (χ3n) is 3.36. The molecule has 7 nitrogen and oxygen atoms in total. The van der Waals surface area contributed by atoms with Gasteiger partial charge in [-0.05, 0) is 31.2 Å². The highest BCUT2D eigenvalue weighted by atomic mass is 16.5. The Morgan fingerprint density at radius 1 is 1.08 bits per heavy atom. The summed E-state index contributed by atoms with van der Waals surface area (Å²) in [5.74, 6) is -1.13. The van der Waals surface area contributed by atoms with Crippen LogP contribution in [0.25, 0.3) is 5.69 Å². The Hall–Kier alpha value is -3.48. The highest BCUT2D eigenvalue weighted by Crippen LogP contribution is 2.09. The summed E-state index contributed by atoms with van der Waals surface area (Å²) in [6.07, 6.45) is 1.30. The number of aryl methyl sites for hydroxylation is 1. The summed E-state index contributed by atoms with van der Waals surface area (Å²) in [6, 6.07) is 16.5. The summed E-state index contributed by atoms with van der Waals surface area (Å²) in [7, 11) is 0. The molecule has 0 saturated carbocycles. The van der Waals surface area contributed by atoms with Crippen molar-refractivity contribution in [2.75, 3.05) is 11.9 Å². The average Bonchev–Trinajstić information content (AvgIpc) is 3.13. The summed E-state index contributed by atoms with van der Waals surface area (Å²) in [4.78, 5) is 25.1. The molecule has 0 aliphatic heterocycles. The number of nitrogens with zero attached hydrogens (tertiary/aromatic N) is 3. The first kappa shape index (κ1) is 16.4. The van der Waals surface area contributed by atoms with E-state index in [2.05, 4.69) is 15.5 Å². The fourth-order valence-electron chi connectivity index (χ4n) is 2.08. The van der Waals surface area contributed by atoms with Crippen molar-refractivity contribution in [3.63, 3.8) is 0 Å². The van der Waals surface area contributed by atoms with E-state index in [1.807, 2.05) is 49.4 Å². The number of hydrogen-bond donors (Lipinski definition) is 1. The van der Waals surface area contributed by atoms with Crippen molar-refractivity contribution in [1.29, 1.82) is 0 Å². The number of esters is 1. The molecule has 0 spiro atoms. The zero-order valence-electron chi connectivity index (χ0n) is 13.5. The highest BCUT2D eigenvalue weighted by molar-refractivity contribution is 5.94. The van der Waals surface area contributed by atoms with Gasteiger partial charge in [0.25, 0.3) is 5.91 Å². The molecule has 25 heavy (non-hydrogen) atoms. The summed E-state index contributed by atoms with van der Waals surface area (Å²) >= 11 is 0. The monoisotopic (exact) mass is 336 g/mol. The van der Waals surface area contributed by atoms with Crippen LogP contribution in [0.4, 0.5) is 5.69 Å². The van der Waals surface area contributed by atoms with Crippen LogP contribution < -0.4 is 5.32 Å². The molecular formula is C18H16N4O3. The minimum Gasteiger partial charge on any atom is -0.451 e. The average molecular weight is 336 g/mol. The van der Waals surface area contributed by atoms with Crippen molar-refractivity contribution in [1.82, 2.24) is 15.0 Å². The number of aromatic nitrogens is 3.